The summed E-state index contributed by atoms with van der Waals surface area (Å²) in [6.45, 7) is 5.76. The molecule has 0 unspecified atom stereocenters. The van der Waals surface area contributed by atoms with E-state index in [1.54, 1.807) is 0 Å². The Labute approximate surface area is 145 Å². The minimum atomic E-state index is 0.116. The van der Waals surface area contributed by atoms with Crippen molar-refractivity contribution >= 4 is 5.91 Å². The van der Waals surface area contributed by atoms with Crippen LogP contribution in [0.15, 0.2) is 24.3 Å². The van der Waals surface area contributed by atoms with Crippen molar-refractivity contribution in [3.63, 3.8) is 0 Å². The van der Waals surface area contributed by atoms with Gasteiger partial charge < -0.3 is 5.32 Å². The third kappa shape index (κ3) is 3.51. The van der Waals surface area contributed by atoms with E-state index in [0.29, 0.717) is 6.04 Å². The molecule has 1 aromatic rings. The maximum atomic E-state index is 12.5. The van der Waals surface area contributed by atoms with Crippen molar-refractivity contribution in [2.24, 2.45) is 17.8 Å². The van der Waals surface area contributed by atoms with E-state index in [-0.39, 0.29) is 5.91 Å². The summed E-state index contributed by atoms with van der Waals surface area (Å²) >= 11 is 0. The first-order valence-corrected chi connectivity index (χ1v) is 9.79. The van der Waals surface area contributed by atoms with Crippen molar-refractivity contribution in [3.05, 3.63) is 35.4 Å². The molecule has 0 radical (unpaired) electrons. The third-order valence-electron chi connectivity index (χ3n) is 6.42. The van der Waals surface area contributed by atoms with Gasteiger partial charge in [-0.3, -0.25) is 9.69 Å². The molecule has 1 heterocycles. The lowest BCUT2D eigenvalue weighted by Gasteiger charge is -2.30. The Balaban J connectivity index is 1.32. The van der Waals surface area contributed by atoms with Crippen LogP contribution in [0.25, 0.3) is 0 Å². The Morgan fingerprint density at radius 3 is 2.67 bits per heavy atom. The summed E-state index contributed by atoms with van der Waals surface area (Å²) in [6, 6.07) is 8.70. The molecule has 2 bridgehead atoms. The maximum absolute atomic E-state index is 12.5. The minimum Gasteiger partial charge on any atom is -0.349 e. The molecule has 2 saturated carbocycles. The van der Waals surface area contributed by atoms with Gasteiger partial charge in [-0.15, -0.1) is 0 Å². The number of rotatable bonds is 4. The van der Waals surface area contributed by atoms with Crippen molar-refractivity contribution in [1.82, 2.24) is 10.2 Å². The molecule has 4 rings (SSSR count). The summed E-state index contributed by atoms with van der Waals surface area (Å²) in [7, 11) is 0. The average Bonchev–Trinajstić information content (AvgIpc) is 3.18. The predicted molar refractivity (Wildman–Crippen MR) is 96.8 cm³/mol. The SMILES string of the molecule is C[C@@H]1CCCN(Cc2ccc(C(=O)N[C@@H]3C[C@H]4CC[C@H]3C4)cc2)C1. The zero-order valence-corrected chi connectivity index (χ0v) is 14.8. The van der Waals surface area contributed by atoms with Crippen molar-refractivity contribution in [3.8, 4) is 0 Å². The van der Waals surface area contributed by atoms with E-state index in [1.165, 1.54) is 57.2 Å². The van der Waals surface area contributed by atoms with E-state index in [1.807, 2.05) is 12.1 Å². The number of carbonyl (C=O) groups is 1. The topological polar surface area (TPSA) is 32.3 Å². The first kappa shape index (κ1) is 16.1. The van der Waals surface area contributed by atoms with Gasteiger partial charge in [0.15, 0.2) is 0 Å². The van der Waals surface area contributed by atoms with E-state index in [2.05, 4.69) is 29.3 Å². The van der Waals surface area contributed by atoms with Crippen molar-refractivity contribution < 1.29 is 4.79 Å². The molecule has 1 saturated heterocycles. The second kappa shape index (κ2) is 6.87. The Bertz CT molecular complexity index is 582. The molecule has 2 aliphatic carbocycles. The predicted octanol–water partition coefficient (Wildman–Crippen LogP) is 3.84. The summed E-state index contributed by atoms with van der Waals surface area (Å²) < 4.78 is 0. The highest BCUT2D eigenvalue weighted by Gasteiger charge is 2.40. The fourth-order valence-corrected chi connectivity index (χ4v) is 5.12. The smallest absolute Gasteiger partial charge is 0.251 e. The van der Waals surface area contributed by atoms with E-state index in [4.69, 9.17) is 0 Å². The zero-order chi connectivity index (χ0) is 16.5. The highest BCUT2D eigenvalue weighted by atomic mass is 16.1. The molecule has 0 spiro atoms. The van der Waals surface area contributed by atoms with Gasteiger partial charge in [-0.1, -0.05) is 25.5 Å². The number of hydrogen-bond acceptors (Lipinski definition) is 2. The van der Waals surface area contributed by atoms with Crippen molar-refractivity contribution in [1.29, 1.82) is 0 Å². The van der Waals surface area contributed by atoms with Crippen molar-refractivity contribution in [2.45, 2.75) is 58.0 Å². The van der Waals surface area contributed by atoms with Crippen LogP contribution in [0.4, 0.5) is 0 Å². The quantitative estimate of drug-likeness (QED) is 0.912. The molecular formula is C21H30N2O. The lowest BCUT2D eigenvalue weighted by Crippen LogP contribution is -2.38. The molecule has 130 valence electrons. The van der Waals surface area contributed by atoms with Crippen LogP contribution in [0.3, 0.4) is 0 Å². The first-order valence-electron chi connectivity index (χ1n) is 9.79. The number of benzene rings is 1. The molecule has 1 aromatic carbocycles. The molecule has 24 heavy (non-hydrogen) atoms. The van der Waals surface area contributed by atoms with Crippen LogP contribution in [0, 0.1) is 17.8 Å². The normalized spacial score (nSPS) is 32.9. The van der Waals surface area contributed by atoms with Gasteiger partial charge in [0.1, 0.15) is 0 Å². The number of carbonyl (C=O) groups excluding carboxylic acids is 1. The second-order valence-corrected chi connectivity index (χ2v) is 8.43. The van der Waals surface area contributed by atoms with Gasteiger partial charge in [-0.05, 0) is 74.1 Å². The Morgan fingerprint density at radius 2 is 2.00 bits per heavy atom. The summed E-state index contributed by atoms with van der Waals surface area (Å²) in [5.74, 6) is 2.53. The highest BCUT2D eigenvalue weighted by molar-refractivity contribution is 5.94. The largest absolute Gasteiger partial charge is 0.349 e. The van der Waals surface area contributed by atoms with Crippen LogP contribution in [0.1, 0.15) is 61.4 Å². The molecule has 3 heteroatoms. The minimum absolute atomic E-state index is 0.116. The lowest BCUT2D eigenvalue weighted by atomic mass is 9.95. The van der Waals surface area contributed by atoms with Gasteiger partial charge >= 0.3 is 0 Å². The Kier molecular flexibility index (Phi) is 4.62. The molecule has 3 nitrogen and oxygen atoms in total. The van der Waals surface area contributed by atoms with Gasteiger partial charge in [0.2, 0.25) is 0 Å². The second-order valence-electron chi connectivity index (χ2n) is 8.43. The molecule has 3 aliphatic rings. The van der Waals surface area contributed by atoms with Crippen LogP contribution in [-0.4, -0.2) is 29.9 Å². The number of likely N-dealkylation sites (tertiary alicyclic amines) is 1. The third-order valence-corrected chi connectivity index (χ3v) is 6.42. The fourth-order valence-electron chi connectivity index (χ4n) is 5.12. The van der Waals surface area contributed by atoms with Crippen LogP contribution < -0.4 is 5.32 Å². The van der Waals surface area contributed by atoms with Crippen LogP contribution in [0.5, 0.6) is 0 Å². The average molecular weight is 326 g/mol. The molecule has 1 aliphatic heterocycles. The number of piperidine rings is 1. The van der Waals surface area contributed by atoms with Gasteiger partial charge in [0.25, 0.3) is 5.91 Å². The van der Waals surface area contributed by atoms with Crippen LogP contribution >= 0.6 is 0 Å². The maximum Gasteiger partial charge on any atom is 0.251 e. The summed E-state index contributed by atoms with van der Waals surface area (Å²) in [6.07, 6.45) is 7.88. The van der Waals surface area contributed by atoms with Gasteiger partial charge in [0, 0.05) is 24.7 Å². The van der Waals surface area contributed by atoms with Gasteiger partial charge in [0.05, 0.1) is 0 Å². The van der Waals surface area contributed by atoms with E-state index in [9.17, 15) is 4.79 Å². The monoisotopic (exact) mass is 326 g/mol. The van der Waals surface area contributed by atoms with Crippen LogP contribution in [-0.2, 0) is 6.54 Å². The zero-order valence-electron chi connectivity index (χ0n) is 14.8. The highest BCUT2D eigenvalue weighted by Crippen LogP contribution is 2.44. The van der Waals surface area contributed by atoms with Crippen LogP contribution in [0.2, 0.25) is 0 Å². The Morgan fingerprint density at radius 1 is 1.17 bits per heavy atom. The standard InChI is InChI=1S/C21H30N2O/c1-15-3-2-10-23(13-15)14-16-4-7-18(8-5-16)21(24)22-20-12-17-6-9-19(20)11-17/h4-5,7-8,15,17,19-20H,2-3,6,9-14H2,1H3,(H,22,24)/t15-,17+,19+,20-/m1/s1. The molecular weight excluding hydrogens is 296 g/mol. The number of nitrogens with one attached hydrogen (secondary N) is 1. The number of fused-ring (bicyclic) bond motifs is 2. The van der Waals surface area contributed by atoms with Crippen molar-refractivity contribution in [2.75, 3.05) is 13.1 Å². The summed E-state index contributed by atoms with van der Waals surface area (Å²) in [5.41, 5.74) is 2.13. The van der Waals surface area contributed by atoms with Gasteiger partial charge in [-0.2, -0.15) is 0 Å². The molecule has 1 N–H and O–H groups in total. The number of amides is 1. The molecule has 3 fully saturated rings. The van der Waals surface area contributed by atoms with E-state index >= 15 is 0 Å². The number of hydrogen-bond donors (Lipinski definition) is 1. The van der Waals surface area contributed by atoms with E-state index in [0.717, 1.165) is 29.9 Å². The summed E-state index contributed by atoms with van der Waals surface area (Å²) in [4.78, 5) is 15.0. The van der Waals surface area contributed by atoms with Gasteiger partial charge in [-0.25, -0.2) is 0 Å². The Hall–Kier alpha value is -1.35. The molecule has 4 atom stereocenters. The molecule has 1 amide bonds. The number of nitrogens with zero attached hydrogens (tertiary/aromatic N) is 1. The lowest BCUT2D eigenvalue weighted by molar-refractivity contribution is 0.0923. The fraction of sp³-hybridized carbons (Fsp3) is 0.667. The van der Waals surface area contributed by atoms with E-state index < -0.39 is 0 Å². The first-order chi connectivity index (χ1) is 11.7. The summed E-state index contributed by atoms with van der Waals surface area (Å²) in [5, 5.41) is 3.28. The molecule has 0 aromatic heterocycles.